The van der Waals surface area contributed by atoms with E-state index in [1.54, 1.807) is 0 Å². The Morgan fingerprint density at radius 2 is 1.25 bits per heavy atom. The number of aryl methyl sites for hydroxylation is 2. The Hall–Kier alpha value is -4.82. The molecule has 0 unspecified atom stereocenters. The van der Waals surface area contributed by atoms with Gasteiger partial charge in [-0.1, -0.05) is 171 Å². The summed E-state index contributed by atoms with van der Waals surface area (Å²) in [6.07, 6.45) is 12.8. The Morgan fingerprint density at radius 3 is 1.83 bits per heavy atom. The molecule has 4 aromatic carbocycles. The van der Waals surface area contributed by atoms with Gasteiger partial charge in [0.1, 0.15) is 0 Å². The van der Waals surface area contributed by atoms with Gasteiger partial charge in [0.15, 0.2) is 0 Å². The monoisotopic (exact) mass is 869 g/mol. The molecule has 6 rings (SSSR count). The molecule has 4 aromatic rings. The second kappa shape index (κ2) is 17.4. The van der Waals surface area contributed by atoms with Gasteiger partial charge in [0.2, 0.25) is 0 Å². The highest BCUT2D eigenvalue weighted by Crippen LogP contribution is 2.57. The predicted octanol–water partition coefficient (Wildman–Crippen LogP) is 18.8. The maximum Gasteiger partial charge on any atom is 0.0540 e. The molecule has 0 aromatic heterocycles. The van der Waals surface area contributed by atoms with Gasteiger partial charge in [0.05, 0.1) is 17.1 Å². The van der Waals surface area contributed by atoms with Gasteiger partial charge in [0, 0.05) is 22.6 Å². The van der Waals surface area contributed by atoms with Crippen molar-refractivity contribution < 1.29 is 0 Å². The second-order valence-electron chi connectivity index (χ2n) is 24.7. The number of hydrogen-bond donors (Lipinski definition) is 0. The molecule has 0 saturated heterocycles. The average molecular weight is 869 g/mol. The van der Waals surface area contributed by atoms with Crippen molar-refractivity contribution in [2.24, 2.45) is 16.2 Å². The molecule has 1 fully saturated rings. The van der Waals surface area contributed by atoms with Crippen LogP contribution in [-0.2, 0) is 22.7 Å². The van der Waals surface area contributed by atoms with Gasteiger partial charge < -0.3 is 9.80 Å². The first-order chi connectivity index (χ1) is 29.9. The van der Waals surface area contributed by atoms with Gasteiger partial charge in [-0.25, -0.2) is 0 Å². The van der Waals surface area contributed by atoms with Crippen LogP contribution in [0, 0.1) is 30.1 Å². The Kier molecular flexibility index (Phi) is 13.3. The fourth-order valence-electron chi connectivity index (χ4n) is 10.6. The second-order valence-corrected chi connectivity index (χ2v) is 24.7. The number of benzene rings is 4. The molecule has 0 radical (unpaired) electrons. The lowest BCUT2D eigenvalue weighted by atomic mass is 9.83. The van der Waals surface area contributed by atoms with E-state index in [0.717, 1.165) is 36.3 Å². The van der Waals surface area contributed by atoms with Crippen LogP contribution in [-0.4, -0.2) is 0 Å². The first kappa shape index (κ1) is 49.6. The van der Waals surface area contributed by atoms with Crippen LogP contribution in [0.15, 0.2) is 132 Å². The lowest BCUT2D eigenvalue weighted by Gasteiger charge is -2.37. The molecule has 0 bridgehead atoms. The molecule has 0 heterocycles. The molecular weight excluding hydrogens is 785 g/mol. The molecule has 2 aliphatic rings. The number of nitrogens with zero attached hydrogens (tertiary/aromatic N) is 2. The zero-order valence-electron chi connectivity index (χ0n) is 44.5. The molecule has 1 saturated carbocycles. The average Bonchev–Trinajstić information content (AvgIpc) is 3.58. The number of hydrogen-bond acceptors (Lipinski definition) is 2. The van der Waals surface area contributed by atoms with E-state index in [-0.39, 0.29) is 32.5 Å². The number of rotatable bonds is 9. The van der Waals surface area contributed by atoms with Crippen LogP contribution in [0.2, 0.25) is 0 Å². The first-order valence-electron chi connectivity index (χ1n) is 24.4. The standard InChI is InChI=1S/C63H84N2/c1-22-51-53(63(20,21)40-62(51,18)19)35-44(5)64(43(4)29-28-42(3)58(7,8)9)56-37-49(60(13,14)15)38-57(45(56)6)65(55-39-52-47(34-41(55)2)32-33-61(52,16)17)54-31-30-48(59(10,11)12)36-50(54)46-26-24-23-25-27-46/h22-31,34-39H,5,32-33,40H2,1-4,6-21H3/b42-28+,43-29+,51-22+,53-35+. The van der Waals surface area contributed by atoms with Crippen LogP contribution in [0.25, 0.3) is 11.1 Å². The van der Waals surface area contributed by atoms with E-state index in [4.69, 9.17) is 6.58 Å². The van der Waals surface area contributed by atoms with Gasteiger partial charge in [-0.05, 0) is 179 Å². The highest BCUT2D eigenvalue weighted by molar-refractivity contribution is 5.92. The van der Waals surface area contributed by atoms with Crippen LogP contribution in [0.1, 0.15) is 171 Å². The maximum absolute atomic E-state index is 5.00. The van der Waals surface area contributed by atoms with E-state index in [0.29, 0.717) is 0 Å². The molecule has 0 atom stereocenters. The van der Waals surface area contributed by atoms with Crippen molar-refractivity contribution in [2.75, 3.05) is 9.80 Å². The van der Waals surface area contributed by atoms with Crippen molar-refractivity contribution in [3.63, 3.8) is 0 Å². The first-order valence-corrected chi connectivity index (χ1v) is 24.4. The minimum Gasteiger partial charge on any atom is -0.315 e. The third-order valence-electron chi connectivity index (χ3n) is 14.9. The van der Waals surface area contributed by atoms with E-state index in [1.165, 1.54) is 78.3 Å². The van der Waals surface area contributed by atoms with Crippen molar-refractivity contribution in [1.29, 1.82) is 0 Å². The number of fused-ring (bicyclic) bond motifs is 1. The zero-order chi connectivity index (χ0) is 48.4. The van der Waals surface area contributed by atoms with Crippen molar-refractivity contribution in [3.8, 4) is 11.1 Å². The molecule has 0 amide bonds. The van der Waals surface area contributed by atoms with E-state index >= 15 is 0 Å². The third-order valence-corrected chi connectivity index (χ3v) is 14.9. The van der Waals surface area contributed by atoms with Crippen LogP contribution >= 0.6 is 0 Å². The Bertz CT molecular complexity index is 2590. The summed E-state index contributed by atoms with van der Waals surface area (Å²) in [5.41, 5.74) is 21.5. The van der Waals surface area contributed by atoms with E-state index in [1.807, 2.05) is 0 Å². The molecule has 0 spiro atoms. The topological polar surface area (TPSA) is 6.48 Å². The highest BCUT2D eigenvalue weighted by Gasteiger charge is 2.44. The lowest BCUT2D eigenvalue weighted by molar-refractivity contribution is 0.338. The normalized spacial score (nSPS) is 18.6. The molecule has 65 heavy (non-hydrogen) atoms. The fourth-order valence-corrected chi connectivity index (χ4v) is 10.6. The maximum atomic E-state index is 5.00. The van der Waals surface area contributed by atoms with Gasteiger partial charge in [0.25, 0.3) is 0 Å². The SMILES string of the molecule is C=C(/C=C1\C(=C/C)C(C)(C)CC1(C)C)N(/C(C)=C/C=C(\C)C(C)(C)C)c1cc(C(C)(C)C)cc(N(c2cc3c(cc2C)CCC3(C)C)c2ccc(C(C)(C)C)cc2-c2ccccc2)c1C. The summed E-state index contributed by atoms with van der Waals surface area (Å²) < 4.78 is 0. The van der Waals surface area contributed by atoms with Crippen LogP contribution in [0.4, 0.5) is 22.7 Å². The molecule has 2 heteroatoms. The van der Waals surface area contributed by atoms with Crippen molar-refractivity contribution in [2.45, 2.75) is 174 Å². The summed E-state index contributed by atoms with van der Waals surface area (Å²) in [5.74, 6) is 0. The van der Waals surface area contributed by atoms with Crippen LogP contribution in [0.5, 0.6) is 0 Å². The molecule has 2 aliphatic carbocycles. The van der Waals surface area contributed by atoms with Gasteiger partial charge in [-0.3, -0.25) is 0 Å². The predicted molar refractivity (Wildman–Crippen MR) is 287 cm³/mol. The quantitative estimate of drug-likeness (QED) is 0.155. The number of anilines is 4. The highest BCUT2D eigenvalue weighted by atomic mass is 15.2. The summed E-state index contributed by atoms with van der Waals surface area (Å²) in [5, 5.41) is 0. The minimum atomic E-state index is -0.155. The van der Waals surface area contributed by atoms with Crippen LogP contribution < -0.4 is 9.80 Å². The summed E-state index contributed by atoms with van der Waals surface area (Å²) in [6.45, 7) is 51.8. The Labute approximate surface area is 397 Å². The summed E-state index contributed by atoms with van der Waals surface area (Å²) >= 11 is 0. The molecule has 346 valence electrons. The fraction of sp³-hybridized carbons (Fsp3) is 0.460. The van der Waals surface area contributed by atoms with E-state index < -0.39 is 0 Å². The molecule has 0 aliphatic heterocycles. The molecule has 0 N–H and O–H groups in total. The smallest absolute Gasteiger partial charge is 0.0540 e. The lowest BCUT2D eigenvalue weighted by Crippen LogP contribution is -2.24. The zero-order valence-corrected chi connectivity index (χ0v) is 44.5. The Morgan fingerprint density at radius 1 is 0.646 bits per heavy atom. The van der Waals surface area contributed by atoms with E-state index in [2.05, 4.69) is 245 Å². The van der Waals surface area contributed by atoms with Crippen molar-refractivity contribution >= 4 is 22.7 Å². The summed E-state index contributed by atoms with van der Waals surface area (Å²) in [6, 6.07) is 28.2. The van der Waals surface area contributed by atoms with E-state index in [9.17, 15) is 0 Å². The minimum absolute atomic E-state index is 0.00348. The largest absolute Gasteiger partial charge is 0.315 e. The number of allylic oxidation sites excluding steroid dienone is 8. The Balaban J connectivity index is 1.76. The van der Waals surface area contributed by atoms with Gasteiger partial charge >= 0.3 is 0 Å². The van der Waals surface area contributed by atoms with Crippen molar-refractivity contribution in [3.05, 3.63) is 165 Å². The van der Waals surface area contributed by atoms with Gasteiger partial charge in [-0.15, -0.1) is 0 Å². The van der Waals surface area contributed by atoms with Gasteiger partial charge in [-0.2, -0.15) is 0 Å². The van der Waals surface area contributed by atoms with Crippen LogP contribution in [0.3, 0.4) is 0 Å². The van der Waals surface area contributed by atoms with Crippen molar-refractivity contribution in [1.82, 2.24) is 0 Å². The molecular formula is C63H84N2. The molecule has 2 nitrogen and oxygen atoms in total. The summed E-state index contributed by atoms with van der Waals surface area (Å²) in [7, 11) is 0. The summed E-state index contributed by atoms with van der Waals surface area (Å²) in [4.78, 5) is 5.08. The third kappa shape index (κ3) is 9.99.